The summed E-state index contributed by atoms with van der Waals surface area (Å²) in [5.74, 6) is -0.963. The van der Waals surface area contributed by atoms with Crippen molar-refractivity contribution in [1.29, 1.82) is 0 Å². The summed E-state index contributed by atoms with van der Waals surface area (Å²) in [4.78, 5) is 10.8. The van der Waals surface area contributed by atoms with E-state index in [1.54, 1.807) is 0 Å². The number of carbonyl (C=O) groups is 1. The molecule has 0 amide bonds. The number of hydrogen-bond acceptors (Lipinski definition) is 2. The minimum absolute atomic E-state index is 0.0210. The summed E-state index contributed by atoms with van der Waals surface area (Å²) in [7, 11) is 0. The van der Waals surface area contributed by atoms with Crippen LogP contribution in [0.3, 0.4) is 0 Å². The SMILES string of the molecule is O=C(O)c1ccc(Oc2cc(F)ccc2Br)cc1Cl. The smallest absolute Gasteiger partial charge is 0.337 e. The molecular weight excluding hydrogens is 338 g/mol. The zero-order valence-corrected chi connectivity index (χ0v) is 11.7. The Morgan fingerprint density at radius 2 is 2.00 bits per heavy atom. The largest absolute Gasteiger partial charge is 0.478 e. The summed E-state index contributed by atoms with van der Waals surface area (Å²) >= 11 is 9.04. The number of carboxylic acid groups (broad SMARTS) is 1. The Kier molecular flexibility index (Phi) is 4.07. The Hall–Kier alpha value is -1.59. The lowest BCUT2D eigenvalue weighted by Gasteiger charge is -2.09. The van der Waals surface area contributed by atoms with E-state index in [0.29, 0.717) is 10.2 Å². The van der Waals surface area contributed by atoms with Gasteiger partial charge in [-0.3, -0.25) is 0 Å². The fourth-order valence-electron chi connectivity index (χ4n) is 1.42. The molecule has 98 valence electrons. The first kappa shape index (κ1) is 13.8. The molecule has 0 fully saturated rings. The third-order valence-corrected chi connectivity index (χ3v) is 3.26. The van der Waals surface area contributed by atoms with Crippen LogP contribution >= 0.6 is 27.5 Å². The highest BCUT2D eigenvalue weighted by Gasteiger charge is 2.11. The fraction of sp³-hybridized carbons (Fsp3) is 0. The van der Waals surface area contributed by atoms with Gasteiger partial charge in [-0.1, -0.05) is 11.6 Å². The summed E-state index contributed by atoms with van der Waals surface area (Å²) in [6.07, 6.45) is 0. The van der Waals surface area contributed by atoms with E-state index in [1.807, 2.05) is 0 Å². The number of aromatic carboxylic acids is 1. The first-order chi connectivity index (χ1) is 8.97. The van der Waals surface area contributed by atoms with Gasteiger partial charge in [-0.15, -0.1) is 0 Å². The Balaban J connectivity index is 2.31. The van der Waals surface area contributed by atoms with Crippen LogP contribution in [0.5, 0.6) is 11.5 Å². The van der Waals surface area contributed by atoms with Crippen molar-refractivity contribution in [2.24, 2.45) is 0 Å². The number of rotatable bonds is 3. The van der Waals surface area contributed by atoms with Crippen LogP contribution in [0.1, 0.15) is 10.4 Å². The van der Waals surface area contributed by atoms with Gasteiger partial charge in [0.15, 0.2) is 0 Å². The molecule has 0 radical (unpaired) electrons. The van der Waals surface area contributed by atoms with E-state index in [-0.39, 0.29) is 16.3 Å². The molecule has 0 aliphatic carbocycles. The third-order valence-electron chi connectivity index (χ3n) is 2.29. The highest BCUT2D eigenvalue weighted by atomic mass is 79.9. The average Bonchev–Trinajstić information content (AvgIpc) is 2.33. The van der Waals surface area contributed by atoms with Gasteiger partial charge in [0.05, 0.1) is 15.1 Å². The molecule has 0 saturated heterocycles. The molecule has 0 saturated carbocycles. The van der Waals surface area contributed by atoms with Crippen molar-refractivity contribution in [3.8, 4) is 11.5 Å². The Bertz CT molecular complexity index is 646. The second kappa shape index (κ2) is 5.59. The minimum atomic E-state index is -1.12. The monoisotopic (exact) mass is 344 g/mol. The molecule has 1 N–H and O–H groups in total. The van der Waals surface area contributed by atoms with E-state index < -0.39 is 11.8 Å². The van der Waals surface area contributed by atoms with Crippen LogP contribution in [0.15, 0.2) is 40.9 Å². The zero-order valence-electron chi connectivity index (χ0n) is 9.36. The lowest BCUT2D eigenvalue weighted by Crippen LogP contribution is -1.97. The lowest BCUT2D eigenvalue weighted by atomic mass is 10.2. The summed E-state index contributed by atoms with van der Waals surface area (Å²) in [5.41, 5.74) is -0.0210. The van der Waals surface area contributed by atoms with E-state index in [2.05, 4.69) is 15.9 Å². The van der Waals surface area contributed by atoms with E-state index in [9.17, 15) is 9.18 Å². The van der Waals surface area contributed by atoms with Crippen LogP contribution in [-0.4, -0.2) is 11.1 Å². The van der Waals surface area contributed by atoms with Gasteiger partial charge >= 0.3 is 5.97 Å². The second-order valence-electron chi connectivity index (χ2n) is 3.62. The van der Waals surface area contributed by atoms with Crippen molar-refractivity contribution in [1.82, 2.24) is 0 Å². The van der Waals surface area contributed by atoms with Gasteiger partial charge in [0.25, 0.3) is 0 Å². The number of ether oxygens (including phenoxy) is 1. The molecule has 0 bridgehead atoms. The van der Waals surface area contributed by atoms with E-state index in [0.717, 1.165) is 0 Å². The number of hydrogen-bond donors (Lipinski definition) is 1. The topological polar surface area (TPSA) is 46.5 Å². The minimum Gasteiger partial charge on any atom is -0.478 e. The quantitative estimate of drug-likeness (QED) is 0.874. The average molecular weight is 346 g/mol. The fourth-order valence-corrected chi connectivity index (χ4v) is 1.99. The van der Waals surface area contributed by atoms with Gasteiger partial charge in [0, 0.05) is 12.1 Å². The predicted octanol–water partition coefficient (Wildman–Crippen LogP) is 4.73. The highest BCUT2D eigenvalue weighted by molar-refractivity contribution is 9.10. The standard InChI is InChI=1S/C13H7BrClFO3/c14-10-4-1-7(16)5-12(10)19-8-2-3-9(13(17)18)11(15)6-8/h1-6H,(H,17,18). The molecule has 0 aromatic heterocycles. The summed E-state index contributed by atoms with van der Waals surface area (Å²) in [6.45, 7) is 0. The molecule has 0 atom stereocenters. The first-order valence-electron chi connectivity index (χ1n) is 5.13. The maximum Gasteiger partial charge on any atom is 0.337 e. The van der Waals surface area contributed by atoms with Crippen LogP contribution in [-0.2, 0) is 0 Å². The molecule has 0 aliphatic rings. The molecule has 2 aromatic rings. The molecule has 0 unspecified atom stereocenters. The molecule has 0 aliphatic heterocycles. The van der Waals surface area contributed by atoms with Crippen molar-refractivity contribution >= 4 is 33.5 Å². The molecule has 0 spiro atoms. The Labute approximate surface area is 121 Å². The second-order valence-corrected chi connectivity index (χ2v) is 4.89. The van der Waals surface area contributed by atoms with Crippen LogP contribution in [0.4, 0.5) is 4.39 Å². The predicted molar refractivity (Wildman–Crippen MR) is 72.6 cm³/mol. The molecule has 3 nitrogen and oxygen atoms in total. The molecular formula is C13H7BrClFO3. The van der Waals surface area contributed by atoms with E-state index in [1.165, 1.54) is 36.4 Å². The van der Waals surface area contributed by atoms with Gasteiger partial charge in [-0.2, -0.15) is 0 Å². The summed E-state index contributed by atoms with van der Waals surface area (Å²) in [6, 6.07) is 8.15. The number of carboxylic acids is 1. The number of benzene rings is 2. The molecule has 0 heterocycles. The van der Waals surface area contributed by atoms with Crippen LogP contribution in [0.2, 0.25) is 5.02 Å². The third kappa shape index (κ3) is 3.24. The molecule has 2 rings (SSSR count). The van der Waals surface area contributed by atoms with Crippen LogP contribution in [0.25, 0.3) is 0 Å². The maximum absolute atomic E-state index is 13.1. The van der Waals surface area contributed by atoms with Crippen molar-refractivity contribution < 1.29 is 19.0 Å². The van der Waals surface area contributed by atoms with Gasteiger partial charge < -0.3 is 9.84 Å². The van der Waals surface area contributed by atoms with Gasteiger partial charge in [0.2, 0.25) is 0 Å². The van der Waals surface area contributed by atoms with Crippen LogP contribution in [0, 0.1) is 5.82 Å². The van der Waals surface area contributed by atoms with Crippen molar-refractivity contribution in [3.63, 3.8) is 0 Å². The zero-order chi connectivity index (χ0) is 14.0. The van der Waals surface area contributed by atoms with E-state index in [4.69, 9.17) is 21.4 Å². The maximum atomic E-state index is 13.1. The molecule has 6 heteroatoms. The van der Waals surface area contributed by atoms with Crippen LogP contribution < -0.4 is 4.74 Å². The highest BCUT2D eigenvalue weighted by Crippen LogP contribution is 2.32. The van der Waals surface area contributed by atoms with E-state index >= 15 is 0 Å². The van der Waals surface area contributed by atoms with Gasteiger partial charge in [-0.05, 0) is 40.2 Å². The normalized spacial score (nSPS) is 10.3. The first-order valence-corrected chi connectivity index (χ1v) is 6.30. The van der Waals surface area contributed by atoms with Gasteiger partial charge in [-0.25, -0.2) is 9.18 Å². The Morgan fingerprint density at radius 1 is 1.26 bits per heavy atom. The summed E-state index contributed by atoms with van der Waals surface area (Å²) < 4.78 is 19.1. The summed E-state index contributed by atoms with van der Waals surface area (Å²) in [5, 5.41) is 8.90. The molecule has 19 heavy (non-hydrogen) atoms. The molecule has 2 aromatic carbocycles. The number of halogens is 3. The van der Waals surface area contributed by atoms with Crippen molar-refractivity contribution in [2.75, 3.05) is 0 Å². The van der Waals surface area contributed by atoms with Gasteiger partial charge in [0.1, 0.15) is 17.3 Å². The Morgan fingerprint density at radius 3 is 2.63 bits per heavy atom. The lowest BCUT2D eigenvalue weighted by molar-refractivity contribution is 0.0697. The van der Waals surface area contributed by atoms with Crippen molar-refractivity contribution in [3.05, 3.63) is 57.3 Å². The van der Waals surface area contributed by atoms with Crippen molar-refractivity contribution in [2.45, 2.75) is 0 Å².